The molecule has 1 aliphatic heterocycles. The number of anilines is 3. The zero-order chi connectivity index (χ0) is 20.9. The van der Waals surface area contributed by atoms with Crippen LogP contribution in [0.15, 0.2) is 73.3 Å². The first-order valence-corrected chi connectivity index (χ1v) is 10.0. The summed E-state index contributed by atoms with van der Waals surface area (Å²) in [4.78, 5) is 13.6. The Bertz CT molecular complexity index is 1090. The Morgan fingerprint density at radius 2 is 2.00 bits per heavy atom. The maximum absolute atomic E-state index is 9.25. The molecule has 6 nitrogen and oxygen atoms in total. The Labute approximate surface area is 177 Å². The van der Waals surface area contributed by atoms with Gasteiger partial charge in [0, 0.05) is 31.9 Å². The molecule has 0 unspecified atom stereocenters. The van der Waals surface area contributed by atoms with Crippen LogP contribution >= 0.6 is 0 Å². The second kappa shape index (κ2) is 8.66. The summed E-state index contributed by atoms with van der Waals surface area (Å²) < 4.78 is 0. The van der Waals surface area contributed by atoms with Gasteiger partial charge < -0.3 is 15.1 Å². The standard InChI is InChI=1S/C24H24N6/c1-18(27-21-9-6-12-26-17-21)30-14-4-3-13-29(2)23-11-10-22(28-24(23)30)20-8-5-7-19(15-20)16-25/h5-12,15,17,27H,1,3-4,13-14H2,2H3. The van der Waals surface area contributed by atoms with Crippen LogP contribution in [-0.2, 0) is 0 Å². The van der Waals surface area contributed by atoms with Gasteiger partial charge in [-0.15, -0.1) is 0 Å². The van der Waals surface area contributed by atoms with Gasteiger partial charge in [-0.25, -0.2) is 4.98 Å². The number of nitriles is 1. The minimum Gasteiger partial charge on any atom is -0.372 e. The summed E-state index contributed by atoms with van der Waals surface area (Å²) in [5.74, 6) is 1.62. The number of hydrogen-bond acceptors (Lipinski definition) is 6. The third-order valence-electron chi connectivity index (χ3n) is 5.21. The van der Waals surface area contributed by atoms with E-state index in [-0.39, 0.29) is 0 Å². The van der Waals surface area contributed by atoms with Gasteiger partial charge in [-0.3, -0.25) is 4.98 Å². The molecule has 4 rings (SSSR count). The Morgan fingerprint density at radius 1 is 1.13 bits per heavy atom. The fourth-order valence-corrected chi connectivity index (χ4v) is 3.63. The van der Waals surface area contributed by atoms with Gasteiger partial charge in [-0.2, -0.15) is 5.26 Å². The number of hydrogen-bond donors (Lipinski definition) is 1. The van der Waals surface area contributed by atoms with E-state index in [1.807, 2.05) is 36.4 Å². The van der Waals surface area contributed by atoms with Gasteiger partial charge in [0.05, 0.1) is 34.9 Å². The summed E-state index contributed by atoms with van der Waals surface area (Å²) >= 11 is 0. The number of rotatable bonds is 4. The van der Waals surface area contributed by atoms with Crippen molar-refractivity contribution in [1.82, 2.24) is 9.97 Å². The van der Waals surface area contributed by atoms with Crippen LogP contribution in [0.2, 0.25) is 0 Å². The molecule has 0 radical (unpaired) electrons. The molecule has 1 aliphatic rings. The number of aromatic nitrogens is 2. The van der Waals surface area contributed by atoms with E-state index < -0.39 is 0 Å². The molecule has 0 fully saturated rings. The van der Waals surface area contributed by atoms with Gasteiger partial charge in [0.2, 0.25) is 0 Å². The van der Waals surface area contributed by atoms with E-state index in [0.717, 1.165) is 60.2 Å². The smallest absolute Gasteiger partial charge is 0.158 e. The van der Waals surface area contributed by atoms with E-state index in [1.54, 1.807) is 18.5 Å². The maximum atomic E-state index is 9.25. The number of fused-ring (bicyclic) bond motifs is 1. The summed E-state index contributed by atoms with van der Waals surface area (Å²) in [6, 6.07) is 17.7. The van der Waals surface area contributed by atoms with Crippen molar-refractivity contribution in [3.63, 3.8) is 0 Å². The topological polar surface area (TPSA) is 68.1 Å². The Morgan fingerprint density at radius 3 is 2.80 bits per heavy atom. The van der Waals surface area contributed by atoms with Crippen LogP contribution in [0.4, 0.5) is 17.2 Å². The lowest BCUT2D eigenvalue weighted by atomic mass is 10.1. The third kappa shape index (κ3) is 4.11. The lowest BCUT2D eigenvalue weighted by Gasteiger charge is -2.34. The van der Waals surface area contributed by atoms with Gasteiger partial charge in [-0.05, 0) is 49.2 Å². The monoisotopic (exact) mass is 396 g/mol. The Kier molecular flexibility index (Phi) is 5.62. The van der Waals surface area contributed by atoms with Gasteiger partial charge in [-0.1, -0.05) is 18.7 Å². The van der Waals surface area contributed by atoms with E-state index in [0.29, 0.717) is 5.56 Å². The molecule has 0 amide bonds. The van der Waals surface area contributed by atoms with Crippen LogP contribution in [0.3, 0.4) is 0 Å². The van der Waals surface area contributed by atoms with Crippen molar-refractivity contribution in [2.24, 2.45) is 0 Å². The molecule has 1 aromatic carbocycles. The highest BCUT2D eigenvalue weighted by molar-refractivity contribution is 5.75. The lowest BCUT2D eigenvalue weighted by Crippen LogP contribution is -2.33. The maximum Gasteiger partial charge on any atom is 0.158 e. The van der Waals surface area contributed by atoms with Crippen LogP contribution in [-0.4, -0.2) is 30.1 Å². The van der Waals surface area contributed by atoms with Crippen molar-refractivity contribution in [1.29, 1.82) is 5.26 Å². The molecule has 150 valence electrons. The molecule has 3 heterocycles. The van der Waals surface area contributed by atoms with E-state index >= 15 is 0 Å². The van der Waals surface area contributed by atoms with Crippen molar-refractivity contribution in [2.45, 2.75) is 12.8 Å². The second-order valence-corrected chi connectivity index (χ2v) is 7.33. The zero-order valence-electron chi connectivity index (χ0n) is 17.0. The third-order valence-corrected chi connectivity index (χ3v) is 5.21. The van der Waals surface area contributed by atoms with E-state index in [4.69, 9.17) is 4.98 Å². The minimum absolute atomic E-state index is 0.623. The number of benzene rings is 1. The van der Waals surface area contributed by atoms with E-state index in [9.17, 15) is 5.26 Å². The van der Waals surface area contributed by atoms with Crippen LogP contribution in [0.1, 0.15) is 18.4 Å². The number of nitrogens with one attached hydrogen (secondary N) is 1. The first kappa shape index (κ1) is 19.5. The molecule has 0 saturated carbocycles. The molecule has 30 heavy (non-hydrogen) atoms. The van der Waals surface area contributed by atoms with Crippen LogP contribution < -0.4 is 15.1 Å². The summed E-state index contributed by atoms with van der Waals surface area (Å²) in [5, 5.41) is 12.6. The highest BCUT2D eigenvalue weighted by Gasteiger charge is 2.22. The van der Waals surface area contributed by atoms with Crippen molar-refractivity contribution >= 4 is 17.2 Å². The van der Waals surface area contributed by atoms with Gasteiger partial charge in [0.1, 0.15) is 5.82 Å². The molecule has 6 heteroatoms. The number of nitrogens with zero attached hydrogens (tertiary/aromatic N) is 5. The fraction of sp³-hybridized carbons (Fsp3) is 0.208. The van der Waals surface area contributed by atoms with Crippen molar-refractivity contribution in [2.75, 3.05) is 35.3 Å². The highest BCUT2D eigenvalue weighted by Crippen LogP contribution is 2.34. The predicted octanol–water partition coefficient (Wildman–Crippen LogP) is 4.63. The Hall–Kier alpha value is -3.85. The molecular weight excluding hydrogens is 372 g/mol. The molecule has 0 saturated heterocycles. The molecule has 0 aliphatic carbocycles. The molecule has 1 N–H and O–H groups in total. The van der Waals surface area contributed by atoms with Crippen molar-refractivity contribution in [3.05, 3.63) is 78.9 Å². The SMILES string of the molecule is C=C(Nc1cccnc1)N1CCCCN(C)c2ccc(-c3cccc(C#N)c3)nc21. The molecule has 0 bridgehead atoms. The average Bonchev–Trinajstić information content (AvgIpc) is 2.78. The van der Waals surface area contributed by atoms with Crippen LogP contribution in [0.5, 0.6) is 0 Å². The Balaban J connectivity index is 1.75. The molecule has 0 atom stereocenters. The van der Waals surface area contributed by atoms with Gasteiger partial charge >= 0.3 is 0 Å². The highest BCUT2D eigenvalue weighted by atomic mass is 15.3. The minimum atomic E-state index is 0.623. The second-order valence-electron chi connectivity index (χ2n) is 7.33. The quantitative estimate of drug-likeness (QED) is 0.693. The first-order valence-electron chi connectivity index (χ1n) is 10.0. The summed E-state index contributed by atoms with van der Waals surface area (Å²) in [5.41, 5.74) is 4.32. The first-order chi connectivity index (χ1) is 14.7. The molecule has 2 aromatic heterocycles. The van der Waals surface area contributed by atoms with Crippen molar-refractivity contribution in [3.8, 4) is 17.3 Å². The molecular formula is C24H24N6. The van der Waals surface area contributed by atoms with Crippen molar-refractivity contribution < 1.29 is 0 Å². The number of pyridine rings is 2. The molecule has 3 aromatic rings. The van der Waals surface area contributed by atoms with Crippen LogP contribution in [0.25, 0.3) is 11.3 Å². The normalized spacial score (nSPS) is 13.6. The summed E-state index contributed by atoms with van der Waals surface area (Å²) in [6.45, 7) is 6.09. The van der Waals surface area contributed by atoms with E-state index in [2.05, 4.69) is 45.9 Å². The van der Waals surface area contributed by atoms with Crippen LogP contribution in [0, 0.1) is 11.3 Å². The molecule has 0 spiro atoms. The van der Waals surface area contributed by atoms with Gasteiger partial charge in [0.15, 0.2) is 5.82 Å². The average molecular weight is 396 g/mol. The zero-order valence-corrected chi connectivity index (χ0v) is 17.0. The summed E-state index contributed by atoms with van der Waals surface area (Å²) in [6.07, 6.45) is 5.66. The predicted molar refractivity (Wildman–Crippen MR) is 121 cm³/mol. The lowest BCUT2D eigenvalue weighted by molar-refractivity contribution is 0.688. The van der Waals surface area contributed by atoms with Gasteiger partial charge in [0.25, 0.3) is 0 Å². The van der Waals surface area contributed by atoms with E-state index in [1.165, 1.54) is 0 Å². The fourth-order valence-electron chi connectivity index (χ4n) is 3.63. The largest absolute Gasteiger partial charge is 0.372 e. The summed E-state index contributed by atoms with van der Waals surface area (Å²) in [7, 11) is 2.09.